The van der Waals surface area contributed by atoms with E-state index in [0.29, 0.717) is 24.4 Å². The van der Waals surface area contributed by atoms with E-state index >= 15 is 0 Å². The van der Waals surface area contributed by atoms with Gasteiger partial charge in [-0.1, -0.05) is 48.0 Å². The van der Waals surface area contributed by atoms with Crippen molar-refractivity contribution in [2.45, 2.75) is 44.0 Å². The molecule has 0 spiro atoms. The van der Waals surface area contributed by atoms with E-state index in [0.717, 1.165) is 37.1 Å². The molecule has 0 radical (unpaired) electrons. The quantitative estimate of drug-likeness (QED) is 0.624. The zero-order valence-corrected chi connectivity index (χ0v) is 19.2. The fourth-order valence-corrected chi connectivity index (χ4v) is 5.06. The second-order valence-electron chi connectivity index (χ2n) is 8.42. The van der Waals surface area contributed by atoms with E-state index in [-0.39, 0.29) is 17.9 Å². The van der Waals surface area contributed by atoms with Gasteiger partial charge < -0.3 is 10.2 Å². The maximum absolute atomic E-state index is 12.5. The molecule has 1 aliphatic rings. The Morgan fingerprint density at radius 3 is 2.55 bits per heavy atom. The molecule has 2 N–H and O–H groups in total. The van der Waals surface area contributed by atoms with Crippen molar-refractivity contribution in [3.05, 3.63) is 65.7 Å². The summed E-state index contributed by atoms with van der Waals surface area (Å²) in [5.41, 5.74) is 2.12. The molecule has 0 aromatic heterocycles. The van der Waals surface area contributed by atoms with Crippen molar-refractivity contribution in [1.29, 1.82) is 0 Å². The van der Waals surface area contributed by atoms with Crippen LogP contribution in [-0.4, -0.2) is 45.4 Å². The van der Waals surface area contributed by atoms with Gasteiger partial charge in [0.2, 0.25) is 15.9 Å². The Balaban J connectivity index is 1.43. The first-order valence-electron chi connectivity index (χ1n) is 11.0. The predicted octanol–water partition coefficient (Wildman–Crippen LogP) is 3.25. The monoisotopic (exact) mass is 443 g/mol. The summed E-state index contributed by atoms with van der Waals surface area (Å²) in [5.74, 6) is 0.291. The summed E-state index contributed by atoms with van der Waals surface area (Å²) in [6.45, 7) is 6.78. The molecule has 1 heterocycles. The van der Waals surface area contributed by atoms with Gasteiger partial charge in [-0.2, -0.15) is 0 Å². The molecule has 31 heavy (non-hydrogen) atoms. The molecule has 1 fully saturated rings. The highest BCUT2D eigenvalue weighted by molar-refractivity contribution is 7.89. The molecule has 168 valence electrons. The molecule has 3 rings (SSSR count). The number of hydrogen-bond acceptors (Lipinski definition) is 4. The fourth-order valence-electron chi connectivity index (χ4n) is 3.95. The Morgan fingerprint density at radius 1 is 1.13 bits per heavy atom. The van der Waals surface area contributed by atoms with Gasteiger partial charge in [0, 0.05) is 26.1 Å². The van der Waals surface area contributed by atoms with Gasteiger partial charge in [0.1, 0.15) is 0 Å². The van der Waals surface area contributed by atoms with Gasteiger partial charge >= 0.3 is 0 Å². The van der Waals surface area contributed by atoms with Gasteiger partial charge in [-0.25, -0.2) is 13.1 Å². The Morgan fingerprint density at radius 2 is 1.84 bits per heavy atom. The van der Waals surface area contributed by atoms with Crippen molar-refractivity contribution in [3.8, 4) is 0 Å². The first-order chi connectivity index (χ1) is 14.8. The largest absolute Gasteiger partial charge is 0.350 e. The summed E-state index contributed by atoms with van der Waals surface area (Å²) in [4.78, 5) is 14.9. The maximum atomic E-state index is 12.5. The third kappa shape index (κ3) is 7.16. The van der Waals surface area contributed by atoms with Crippen molar-refractivity contribution < 1.29 is 13.2 Å². The lowest BCUT2D eigenvalue weighted by atomic mass is 9.98. The van der Waals surface area contributed by atoms with E-state index in [1.165, 1.54) is 0 Å². The van der Waals surface area contributed by atoms with Crippen LogP contribution in [-0.2, 0) is 14.8 Å². The highest BCUT2D eigenvalue weighted by Gasteiger charge is 2.23. The highest BCUT2D eigenvalue weighted by atomic mass is 32.2. The van der Waals surface area contributed by atoms with E-state index in [4.69, 9.17) is 0 Å². The molecule has 2 atom stereocenters. The van der Waals surface area contributed by atoms with Crippen LogP contribution in [0.15, 0.2) is 59.5 Å². The third-order valence-corrected chi connectivity index (χ3v) is 7.27. The number of amides is 1. The molecule has 0 aliphatic carbocycles. The lowest BCUT2D eigenvalue weighted by Crippen LogP contribution is -2.42. The molecule has 7 heteroatoms. The van der Waals surface area contributed by atoms with Gasteiger partial charge in [0.05, 0.1) is 10.9 Å². The SMILES string of the molecule is Cc1ccc(S(=O)(=O)NCC2CCCN(CCC(=O)NC(C)c3ccccc3)C2)cc1. The number of nitrogens with one attached hydrogen (secondary N) is 2. The second kappa shape index (κ2) is 10.9. The summed E-state index contributed by atoms with van der Waals surface area (Å²) >= 11 is 0. The van der Waals surface area contributed by atoms with Crippen molar-refractivity contribution in [2.24, 2.45) is 5.92 Å². The smallest absolute Gasteiger partial charge is 0.240 e. The molecule has 2 unspecified atom stereocenters. The van der Waals surface area contributed by atoms with Crippen molar-refractivity contribution in [1.82, 2.24) is 14.9 Å². The summed E-state index contributed by atoms with van der Waals surface area (Å²) in [6, 6.07) is 16.8. The van der Waals surface area contributed by atoms with Crippen molar-refractivity contribution >= 4 is 15.9 Å². The van der Waals surface area contributed by atoms with Gasteiger partial charge in [0.25, 0.3) is 0 Å². The Bertz CT molecular complexity index is 946. The molecule has 2 aromatic carbocycles. The molecule has 0 saturated carbocycles. The first kappa shape index (κ1) is 23.4. The van der Waals surface area contributed by atoms with E-state index in [9.17, 15) is 13.2 Å². The number of hydrogen-bond donors (Lipinski definition) is 2. The number of likely N-dealkylation sites (tertiary alicyclic amines) is 1. The number of aryl methyl sites for hydroxylation is 1. The van der Waals surface area contributed by atoms with Crippen LogP contribution in [0, 0.1) is 12.8 Å². The highest BCUT2D eigenvalue weighted by Crippen LogP contribution is 2.18. The van der Waals surface area contributed by atoms with Crippen LogP contribution >= 0.6 is 0 Å². The number of nitrogens with zero attached hydrogens (tertiary/aromatic N) is 1. The number of carbonyl (C=O) groups is 1. The van der Waals surface area contributed by atoms with E-state index in [2.05, 4.69) is 14.9 Å². The zero-order chi connectivity index (χ0) is 22.3. The molecule has 0 bridgehead atoms. The summed E-state index contributed by atoms with van der Waals surface area (Å²) < 4.78 is 27.8. The average Bonchev–Trinajstić information content (AvgIpc) is 2.77. The van der Waals surface area contributed by atoms with Gasteiger partial charge in [-0.05, 0) is 56.8 Å². The molecule has 6 nitrogen and oxygen atoms in total. The fraction of sp³-hybridized carbons (Fsp3) is 0.458. The Labute approximate surface area is 186 Å². The van der Waals surface area contributed by atoms with E-state index in [1.807, 2.05) is 44.2 Å². The number of carbonyl (C=O) groups excluding carboxylic acids is 1. The van der Waals surface area contributed by atoms with Crippen LogP contribution < -0.4 is 10.0 Å². The van der Waals surface area contributed by atoms with Crippen LogP contribution in [0.3, 0.4) is 0 Å². The minimum Gasteiger partial charge on any atom is -0.350 e. The minimum atomic E-state index is -3.49. The number of rotatable bonds is 9. The molecular weight excluding hydrogens is 410 g/mol. The molecular formula is C24H33N3O3S. The third-order valence-electron chi connectivity index (χ3n) is 5.83. The van der Waals surface area contributed by atoms with Crippen LogP contribution in [0.4, 0.5) is 0 Å². The topological polar surface area (TPSA) is 78.5 Å². The minimum absolute atomic E-state index is 0.0148. The van der Waals surface area contributed by atoms with Gasteiger partial charge in [-0.15, -0.1) is 0 Å². The van der Waals surface area contributed by atoms with Crippen molar-refractivity contribution in [3.63, 3.8) is 0 Å². The van der Waals surface area contributed by atoms with E-state index < -0.39 is 10.0 Å². The average molecular weight is 444 g/mol. The number of piperidine rings is 1. The molecule has 1 saturated heterocycles. The molecule has 2 aromatic rings. The lowest BCUT2D eigenvalue weighted by Gasteiger charge is -2.32. The van der Waals surface area contributed by atoms with Gasteiger partial charge in [0.15, 0.2) is 0 Å². The van der Waals surface area contributed by atoms with Crippen LogP contribution in [0.5, 0.6) is 0 Å². The standard InChI is InChI=1S/C24H33N3O3S/c1-19-10-12-23(13-11-19)31(29,30)25-17-21-7-6-15-27(18-21)16-14-24(28)26-20(2)22-8-4-3-5-9-22/h3-5,8-13,20-21,25H,6-7,14-18H2,1-2H3,(H,26,28). The first-order valence-corrected chi connectivity index (χ1v) is 12.4. The summed E-state index contributed by atoms with van der Waals surface area (Å²) in [5, 5.41) is 3.06. The number of benzene rings is 2. The predicted molar refractivity (Wildman–Crippen MR) is 123 cm³/mol. The maximum Gasteiger partial charge on any atom is 0.240 e. The lowest BCUT2D eigenvalue weighted by molar-refractivity contribution is -0.122. The van der Waals surface area contributed by atoms with Crippen molar-refractivity contribution in [2.75, 3.05) is 26.2 Å². The number of sulfonamides is 1. The Hall–Kier alpha value is -2.22. The summed E-state index contributed by atoms with van der Waals surface area (Å²) in [7, 11) is -3.49. The molecule has 1 amide bonds. The molecule has 1 aliphatic heterocycles. The van der Waals surface area contributed by atoms with E-state index in [1.54, 1.807) is 24.3 Å². The Kier molecular flexibility index (Phi) is 8.23. The van der Waals surface area contributed by atoms with Crippen LogP contribution in [0.2, 0.25) is 0 Å². The van der Waals surface area contributed by atoms with Crippen LogP contribution in [0.25, 0.3) is 0 Å². The zero-order valence-electron chi connectivity index (χ0n) is 18.4. The summed E-state index contributed by atoms with van der Waals surface area (Å²) in [6.07, 6.45) is 2.45. The normalized spacial score (nSPS) is 18.5. The van der Waals surface area contributed by atoms with Gasteiger partial charge in [-0.3, -0.25) is 4.79 Å². The second-order valence-corrected chi connectivity index (χ2v) is 10.2. The van der Waals surface area contributed by atoms with Crippen LogP contribution in [0.1, 0.15) is 43.4 Å².